The van der Waals surface area contributed by atoms with Crippen LogP contribution >= 0.6 is 0 Å². The second-order valence-corrected chi connectivity index (χ2v) is 3.71. The summed E-state index contributed by atoms with van der Waals surface area (Å²) in [5.74, 6) is -1.75. The van der Waals surface area contributed by atoms with Gasteiger partial charge in [0, 0.05) is 11.5 Å². The Balaban J connectivity index is 2.43. The zero-order valence-corrected chi connectivity index (χ0v) is 8.43. The normalized spacial score (nSPS) is 14.4. The summed E-state index contributed by atoms with van der Waals surface area (Å²) >= 11 is 0. The van der Waals surface area contributed by atoms with Gasteiger partial charge in [-0.1, -0.05) is 0 Å². The lowest BCUT2D eigenvalue weighted by atomic mass is 9.98. The lowest BCUT2D eigenvalue weighted by molar-refractivity contribution is -0.110. The van der Waals surface area contributed by atoms with E-state index >= 15 is 0 Å². The van der Waals surface area contributed by atoms with Crippen LogP contribution in [0.4, 0.5) is 0 Å². The molecule has 0 saturated carbocycles. The molecule has 0 bridgehead atoms. The lowest BCUT2D eigenvalue weighted by Gasteiger charge is -2.01. The minimum Gasteiger partial charge on any atom is -0.504 e. The van der Waals surface area contributed by atoms with Gasteiger partial charge in [0.2, 0.25) is 11.6 Å². The maximum atomic E-state index is 11.7. The topological polar surface area (TPSA) is 87.7 Å². The number of rotatable bonds is 0. The van der Waals surface area contributed by atoms with Crippen LogP contribution in [0.2, 0.25) is 0 Å². The van der Waals surface area contributed by atoms with E-state index in [9.17, 15) is 19.8 Å². The van der Waals surface area contributed by atoms with Gasteiger partial charge in [-0.05, 0) is 18.2 Å². The maximum Gasteiger partial charge on any atom is 0.237 e. The van der Waals surface area contributed by atoms with E-state index in [-0.39, 0.29) is 28.4 Å². The molecular formula is C12H6O5. The Labute approximate surface area is 94.6 Å². The summed E-state index contributed by atoms with van der Waals surface area (Å²) in [5, 5.41) is 19.0. The average molecular weight is 230 g/mol. The fraction of sp³-hybridized carbons (Fsp3) is 0. The largest absolute Gasteiger partial charge is 0.504 e. The van der Waals surface area contributed by atoms with E-state index in [4.69, 9.17) is 4.42 Å². The second-order valence-electron chi connectivity index (χ2n) is 3.71. The summed E-state index contributed by atoms with van der Waals surface area (Å²) in [6.07, 6.45) is 2.53. The van der Waals surface area contributed by atoms with Crippen molar-refractivity contribution < 1.29 is 24.2 Å². The van der Waals surface area contributed by atoms with Crippen LogP contribution in [0.5, 0.6) is 11.5 Å². The number of fused-ring (bicyclic) bond motifs is 3. The van der Waals surface area contributed by atoms with Gasteiger partial charge in [0.25, 0.3) is 0 Å². The third kappa shape index (κ3) is 1.19. The van der Waals surface area contributed by atoms with E-state index < -0.39 is 11.6 Å². The van der Waals surface area contributed by atoms with Crippen LogP contribution in [0.25, 0.3) is 17.0 Å². The number of furan rings is 1. The highest BCUT2D eigenvalue weighted by Gasteiger charge is 2.27. The molecular weight excluding hydrogens is 224 g/mol. The summed E-state index contributed by atoms with van der Waals surface area (Å²) in [5.41, 5.74) is 0.376. The number of ketones is 2. The zero-order chi connectivity index (χ0) is 12.2. The Morgan fingerprint density at radius 3 is 2.47 bits per heavy atom. The lowest BCUT2D eigenvalue weighted by Crippen LogP contribution is -2.14. The first kappa shape index (κ1) is 9.65. The maximum absolute atomic E-state index is 11.7. The number of Topliss-reactive ketones (excluding diaryl/α,β-unsaturated/α-hetero) is 1. The van der Waals surface area contributed by atoms with Crippen LogP contribution in [0.1, 0.15) is 16.1 Å². The van der Waals surface area contributed by atoms with Crippen molar-refractivity contribution in [3.8, 4) is 11.5 Å². The zero-order valence-electron chi connectivity index (χ0n) is 8.43. The second kappa shape index (κ2) is 2.98. The summed E-state index contributed by atoms with van der Waals surface area (Å²) in [7, 11) is 0. The third-order valence-electron chi connectivity index (χ3n) is 2.65. The van der Waals surface area contributed by atoms with Crippen LogP contribution in [-0.4, -0.2) is 21.8 Å². The van der Waals surface area contributed by atoms with E-state index in [1.165, 1.54) is 18.2 Å². The van der Waals surface area contributed by atoms with Crippen LogP contribution in [0.3, 0.4) is 0 Å². The molecule has 1 aliphatic carbocycles. The van der Waals surface area contributed by atoms with Crippen LogP contribution in [-0.2, 0) is 4.79 Å². The van der Waals surface area contributed by atoms with E-state index in [0.717, 1.165) is 6.08 Å². The molecule has 5 nitrogen and oxygen atoms in total. The molecule has 5 heteroatoms. The molecule has 0 fully saturated rings. The van der Waals surface area contributed by atoms with Gasteiger partial charge in [-0.25, -0.2) is 0 Å². The minimum absolute atomic E-state index is 0.128. The minimum atomic E-state index is -0.675. The Hall–Kier alpha value is -2.56. The molecule has 84 valence electrons. The van der Waals surface area contributed by atoms with E-state index in [1.807, 2.05) is 0 Å². The fourth-order valence-corrected chi connectivity index (χ4v) is 1.84. The first-order valence-corrected chi connectivity index (χ1v) is 4.83. The predicted molar refractivity (Wildman–Crippen MR) is 57.9 cm³/mol. The number of benzene rings is 1. The molecule has 0 saturated heterocycles. The monoisotopic (exact) mass is 230 g/mol. The van der Waals surface area contributed by atoms with Crippen molar-refractivity contribution in [2.75, 3.05) is 0 Å². The molecule has 17 heavy (non-hydrogen) atoms. The smallest absolute Gasteiger partial charge is 0.237 e. The van der Waals surface area contributed by atoms with Crippen molar-refractivity contribution in [3.05, 3.63) is 29.5 Å². The highest BCUT2D eigenvalue weighted by molar-refractivity contribution is 6.51. The molecule has 2 aromatic rings. The van der Waals surface area contributed by atoms with Gasteiger partial charge in [-0.15, -0.1) is 0 Å². The van der Waals surface area contributed by atoms with Crippen molar-refractivity contribution in [3.63, 3.8) is 0 Å². The van der Waals surface area contributed by atoms with Gasteiger partial charge in [0.05, 0.1) is 5.56 Å². The van der Waals surface area contributed by atoms with Gasteiger partial charge < -0.3 is 14.6 Å². The molecule has 3 rings (SSSR count). The van der Waals surface area contributed by atoms with Crippen LogP contribution in [0.15, 0.2) is 22.6 Å². The Morgan fingerprint density at radius 2 is 1.71 bits per heavy atom. The van der Waals surface area contributed by atoms with Gasteiger partial charge in [-0.3, -0.25) is 9.59 Å². The standard InChI is InChI=1S/C12H6O5/c13-6-1-2-9-11(12(6)16)5-3-7(14)8(15)4-10(5)17-9/h1-4,14-15H. The fourth-order valence-electron chi connectivity index (χ4n) is 1.84. The highest BCUT2D eigenvalue weighted by atomic mass is 16.3. The molecule has 1 aromatic carbocycles. The number of hydrogen-bond acceptors (Lipinski definition) is 5. The van der Waals surface area contributed by atoms with E-state index in [1.54, 1.807) is 0 Å². The average Bonchev–Trinajstić information content (AvgIpc) is 2.63. The van der Waals surface area contributed by atoms with E-state index in [0.29, 0.717) is 5.39 Å². The summed E-state index contributed by atoms with van der Waals surface area (Å²) < 4.78 is 5.31. The first-order valence-electron chi connectivity index (χ1n) is 4.83. The van der Waals surface area contributed by atoms with Crippen molar-refractivity contribution >= 4 is 28.6 Å². The molecule has 2 N–H and O–H groups in total. The number of carbonyl (C=O) groups is 2. The SMILES string of the molecule is O=C1C=Cc2oc3cc(O)c(O)cc3c2C1=O. The number of carbonyl (C=O) groups excluding carboxylic acids is 2. The molecule has 0 unspecified atom stereocenters. The third-order valence-corrected chi connectivity index (χ3v) is 2.65. The van der Waals surface area contributed by atoms with Gasteiger partial charge in [0.15, 0.2) is 11.5 Å². The quantitative estimate of drug-likeness (QED) is 0.530. The molecule has 0 atom stereocenters. The number of phenols is 2. The molecule has 1 aromatic heterocycles. The Bertz CT molecular complexity index is 705. The van der Waals surface area contributed by atoms with Gasteiger partial charge >= 0.3 is 0 Å². The molecule has 0 spiro atoms. The van der Waals surface area contributed by atoms with Crippen LogP contribution in [0, 0.1) is 0 Å². The van der Waals surface area contributed by atoms with Crippen molar-refractivity contribution in [2.45, 2.75) is 0 Å². The van der Waals surface area contributed by atoms with Crippen molar-refractivity contribution in [1.29, 1.82) is 0 Å². The van der Waals surface area contributed by atoms with Gasteiger partial charge in [0.1, 0.15) is 11.3 Å². The highest BCUT2D eigenvalue weighted by Crippen LogP contribution is 2.36. The van der Waals surface area contributed by atoms with Gasteiger partial charge in [-0.2, -0.15) is 0 Å². The number of hydrogen-bond donors (Lipinski definition) is 2. The predicted octanol–water partition coefficient (Wildman–Crippen LogP) is 1.62. The Kier molecular flexibility index (Phi) is 1.69. The van der Waals surface area contributed by atoms with E-state index in [2.05, 4.69) is 0 Å². The molecule has 0 amide bonds. The molecule has 0 aliphatic heterocycles. The molecule has 1 aliphatic rings. The summed E-state index contributed by atoms with van der Waals surface area (Å²) in [6.45, 7) is 0. The number of phenolic OH excluding ortho intramolecular Hbond substituents is 2. The molecule has 1 heterocycles. The Morgan fingerprint density at radius 1 is 1.00 bits per heavy atom. The molecule has 0 radical (unpaired) electrons. The summed E-state index contributed by atoms with van der Waals surface area (Å²) in [4.78, 5) is 22.9. The van der Waals surface area contributed by atoms with Crippen LogP contribution < -0.4 is 0 Å². The number of allylic oxidation sites excluding steroid dienone is 1. The summed E-state index contributed by atoms with van der Waals surface area (Å²) in [6, 6.07) is 2.41. The van der Waals surface area contributed by atoms with Crippen molar-refractivity contribution in [2.24, 2.45) is 0 Å². The van der Waals surface area contributed by atoms with Crippen molar-refractivity contribution in [1.82, 2.24) is 0 Å². The number of aromatic hydroxyl groups is 2. The first-order chi connectivity index (χ1) is 8.08.